The molecule has 5 rings (SSSR count). The summed E-state index contributed by atoms with van der Waals surface area (Å²) in [5.74, 6) is 2.39. The Labute approximate surface area is 144 Å². The molecule has 5 nitrogen and oxygen atoms in total. The Morgan fingerprint density at radius 3 is 2.29 bits per heavy atom. The fourth-order valence-corrected chi connectivity index (χ4v) is 6.33. The monoisotopic (exact) mass is 334 g/mol. The first-order valence-electron chi connectivity index (χ1n) is 9.74. The predicted octanol–water partition coefficient (Wildman–Crippen LogP) is 1.69. The fraction of sp³-hybridized carbons (Fsp3) is 0.895. The van der Waals surface area contributed by atoms with Crippen molar-refractivity contribution in [1.29, 1.82) is 0 Å². The Bertz CT molecular complexity index is 495. The van der Waals surface area contributed by atoms with E-state index < -0.39 is 6.10 Å². The molecule has 5 heteroatoms. The average Bonchev–Trinajstić information content (AvgIpc) is 3.00. The van der Waals surface area contributed by atoms with Crippen LogP contribution >= 0.6 is 0 Å². The molecule has 1 heterocycles. The quantitative estimate of drug-likeness (QED) is 0.822. The second kappa shape index (κ2) is 6.01. The van der Waals surface area contributed by atoms with E-state index in [4.69, 9.17) is 0 Å². The van der Waals surface area contributed by atoms with Crippen molar-refractivity contribution in [2.75, 3.05) is 13.1 Å². The maximum atomic E-state index is 13.4. The molecule has 2 N–H and O–H groups in total. The molecule has 4 saturated carbocycles. The summed E-state index contributed by atoms with van der Waals surface area (Å²) in [7, 11) is 0. The number of aliphatic hydroxyl groups excluding tert-OH is 1. The summed E-state index contributed by atoms with van der Waals surface area (Å²) >= 11 is 0. The summed E-state index contributed by atoms with van der Waals surface area (Å²) in [6.45, 7) is 2.63. The van der Waals surface area contributed by atoms with Crippen LogP contribution in [0.2, 0.25) is 0 Å². The summed E-state index contributed by atoms with van der Waals surface area (Å²) < 4.78 is 0. The zero-order chi connectivity index (χ0) is 16.9. The Morgan fingerprint density at radius 2 is 1.75 bits per heavy atom. The lowest BCUT2D eigenvalue weighted by molar-refractivity contribution is -0.160. The highest BCUT2D eigenvalue weighted by molar-refractivity contribution is 5.91. The van der Waals surface area contributed by atoms with Gasteiger partial charge in [-0.2, -0.15) is 0 Å². The number of nitrogens with zero attached hydrogens (tertiary/aromatic N) is 1. The van der Waals surface area contributed by atoms with Gasteiger partial charge in [0.25, 0.3) is 0 Å². The third-order valence-corrected chi connectivity index (χ3v) is 6.88. The van der Waals surface area contributed by atoms with E-state index in [1.165, 1.54) is 19.3 Å². The topological polar surface area (TPSA) is 69.6 Å². The van der Waals surface area contributed by atoms with Crippen molar-refractivity contribution >= 4 is 11.8 Å². The van der Waals surface area contributed by atoms with E-state index in [1.807, 2.05) is 4.90 Å². The fourth-order valence-electron chi connectivity index (χ4n) is 6.33. The molecular formula is C19H30N2O3. The second-order valence-corrected chi connectivity index (χ2v) is 8.95. The number of nitrogens with one attached hydrogen (secondary N) is 1. The van der Waals surface area contributed by atoms with Gasteiger partial charge in [-0.25, -0.2) is 0 Å². The average molecular weight is 334 g/mol. The Kier molecular flexibility index (Phi) is 4.10. The number of carbonyl (C=O) groups is 2. The van der Waals surface area contributed by atoms with Gasteiger partial charge in [-0.05, 0) is 76.0 Å². The third-order valence-electron chi connectivity index (χ3n) is 6.88. The van der Waals surface area contributed by atoms with Gasteiger partial charge in [0.05, 0.1) is 11.5 Å². The number of aliphatic hydroxyl groups is 1. The number of carbonyl (C=O) groups excluding carboxylic acids is 2. The predicted molar refractivity (Wildman–Crippen MR) is 90.0 cm³/mol. The SMILES string of the molecule is CC(O)CNC(=O)C1CCCN1C(=O)C12CC3CC(CC(C3)C1)C2. The molecule has 1 aliphatic heterocycles. The van der Waals surface area contributed by atoms with Crippen molar-refractivity contribution < 1.29 is 14.7 Å². The summed E-state index contributed by atoms with van der Waals surface area (Å²) in [5.41, 5.74) is -0.165. The van der Waals surface area contributed by atoms with Crippen molar-refractivity contribution in [2.45, 2.75) is 70.4 Å². The largest absolute Gasteiger partial charge is 0.392 e. The lowest BCUT2D eigenvalue weighted by Gasteiger charge is -2.56. The number of amides is 2. The second-order valence-electron chi connectivity index (χ2n) is 8.95. The van der Waals surface area contributed by atoms with Crippen molar-refractivity contribution in [1.82, 2.24) is 10.2 Å². The van der Waals surface area contributed by atoms with Gasteiger partial charge < -0.3 is 15.3 Å². The maximum absolute atomic E-state index is 13.4. The first kappa shape index (κ1) is 16.4. The van der Waals surface area contributed by atoms with Crippen LogP contribution in [-0.2, 0) is 9.59 Å². The van der Waals surface area contributed by atoms with E-state index in [2.05, 4.69) is 5.32 Å². The lowest BCUT2D eigenvalue weighted by atomic mass is 9.49. The number of hydrogen-bond donors (Lipinski definition) is 2. The van der Waals surface area contributed by atoms with Crippen LogP contribution < -0.4 is 5.32 Å². The molecule has 0 aromatic heterocycles. The molecule has 1 saturated heterocycles. The van der Waals surface area contributed by atoms with Gasteiger partial charge in [-0.3, -0.25) is 9.59 Å². The molecular weight excluding hydrogens is 304 g/mol. The van der Waals surface area contributed by atoms with Crippen LogP contribution in [0.4, 0.5) is 0 Å². The van der Waals surface area contributed by atoms with E-state index in [9.17, 15) is 14.7 Å². The molecule has 4 bridgehead atoms. The minimum atomic E-state index is -0.553. The molecule has 0 aromatic carbocycles. The lowest BCUT2D eigenvalue weighted by Crippen LogP contribution is -2.57. The standard InChI is InChI=1S/C19H30N2O3/c1-12(22)11-20-17(23)16-3-2-4-21(16)18(24)19-8-13-5-14(9-19)7-15(6-13)10-19/h12-16,22H,2-11H2,1H3,(H,20,23). The molecule has 0 aromatic rings. The van der Waals surface area contributed by atoms with Crippen LogP contribution in [-0.4, -0.2) is 47.1 Å². The van der Waals surface area contributed by atoms with Gasteiger partial charge in [0.15, 0.2) is 0 Å². The molecule has 4 aliphatic carbocycles. The van der Waals surface area contributed by atoms with Gasteiger partial charge >= 0.3 is 0 Å². The first-order chi connectivity index (χ1) is 11.5. The smallest absolute Gasteiger partial charge is 0.242 e. The van der Waals surface area contributed by atoms with Crippen LogP contribution in [0.1, 0.15) is 58.3 Å². The number of hydrogen-bond acceptors (Lipinski definition) is 3. The van der Waals surface area contributed by atoms with Crippen molar-refractivity contribution in [3.8, 4) is 0 Å². The molecule has 2 unspecified atom stereocenters. The first-order valence-corrected chi connectivity index (χ1v) is 9.74. The summed E-state index contributed by atoms with van der Waals surface area (Å²) in [6, 6.07) is -0.329. The van der Waals surface area contributed by atoms with Gasteiger partial charge in [0.2, 0.25) is 11.8 Å². The van der Waals surface area contributed by atoms with Crippen molar-refractivity contribution in [3.05, 3.63) is 0 Å². The molecule has 2 atom stereocenters. The Morgan fingerprint density at radius 1 is 1.17 bits per heavy atom. The summed E-state index contributed by atoms with van der Waals surface area (Å²) in [4.78, 5) is 27.8. The van der Waals surface area contributed by atoms with Crippen LogP contribution in [0.25, 0.3) is 0 Å². The minimum absolute atomic E-state index is 0.0912. The van der Waals surface area contributed by atoms with Gasteiger partial charge in [0, 0.05) is 13.1 Å². The molecule has 5 aliphatic rings. The van der Waals surface area contributed by atoms with Crippen LogP contribution in [0.3, 0.4) is 0 Å². The van der Waals surface area contributed by atoms with Gasteiger partial charge in [-0.1, -0.05) is 0 Å². The van der Waals surface area contributed by atoms with Crippen LogP contribution in [0.15, 0.2) is 0 Å². The molecule has 0 spiro atoms. The van der Waals surface area contributed by atoms with Gasteiger partial charge in [0.1, 0.15) is 6.04 Å². The van der Waals surface area contributed by atoms with Crippen LogP contribution in [0, 0.1) is 23.2 Å². The van der Waals surface area contributed by atoms with Gasteiger partial charge in [-0.15, -0.1) is 0 Å². The van der Waals surface area contributed by atoms with E-state index in [1.54, 1.807) is 6.92 Å². The van der Waals surface area contributed by atoms with E-state index >= 15 is 0 Å². The highest BCUT2D eigenvalue weighted by Crippen LogP contribution is 2.60. The van der Waals surface area contributed by atoms with Crippen LogP contribution in [0.5, 0.6) is 0 Å². The molecule has 2 amide bonds. The molecule has 0 radical (unpaired) electrons. The van der Waals surface area contributed by atoms with Crippen molar-refractivity contribution in [3.63, 3.8) is 0 Å². The van der Waals surface area contributed by atoms with E-state index in [-0.39, 0.29) is 29.8 Å². The number of likely N-dealkylation sites (tertiary alicyclic amines) is 1. The molecule has 5 fully saturated rings. The minimum Gasteiger partial charge on any atom is -0.392 e. The Hall–Kier alpha value is -1.10. The molecule has 24 heavy (non-hydrogen) atoms. The summed E-state index contributed by atoms with van der Waals surface area (Å²) in [5, 5.41) is 12.2. The summed E-state index contributed by atoms with van der Waals surface area (Å²) in [6.07, 6.45) is 8.24. The van der Waals surface area contributed by atoms with E-state index in [0.717, 1.165) is 49.9 Å². The molecule has 134 valence electrons. The maximum Gasteiger partial charge on any atom is 0.242 e. The normalized spacial score (nSPS) is 41.5. The van der Waals surface area contributed by atoms with Crippen molar-refractivity contribution in [2.24, 2.45) is 23.2 Å². The third kappa shape index (κ3) is 2.75. The Balaban J connectivity index is 1.48. The zero-order valence-corrected chi connectivity index (χ0v) is 14.7. The highest BCUT2D eigenvalue weighted by Gasteiger charge is 2.56. The number of rotatable bonds is 4. The van der Waals surface area contributed by atoms with E-state index in [0.29, 0.717) is 6.54 Å². The highest BCUT2D eigenvalue weighted by atomic mass is 16.3. The zero-order valence-electron chi connectivity index (χ0n) is 14.7.